The van der Waals surface area contributed by atoms with Gasteiger partial charge in [-0.3, -0.25) is 4.79 Å². The van der Waals surface area contributed by atoms with Crippen molar-refractivity contribution in [1.29, 1.82) is 0 Å². The van der Waals surface area contributed by atoms with E-state index in [9.17, 15) is 4.79 Å². The molecule has 0 bridgehead atoms. The summed E-state index contributed by atoms with van der Waals surface area (Å²) in [5.74, 6) is 0.757. The molecule has 0 aliphatic heterocycles. The number of benzene rings is 1. The van der Waals surface area contributed by atoms with E-state index in [2.05, 4.69) is 33.5 Å². The molecule has 4 heteroatoms. The maximum atomic E-state index is 11.8. The van der Waals surface area contributed by atoms with E-state index in [1.165, 1.54) is 25.7 Å². The number of nitrogens with one attached hydrogen (secondary N) is 2. The minimum absolute atomic E-state index is 0.0205. The van der Waals surface area contributed by atoms with Gasteiger partial charge in [-0.2, -0.15) is 0 Å². The topological polar surface area (TPSA) is 41.1 Å². The van der Waals surface area contributed by atoms with E-state index in [-0.39, 0.29) is 5.91 Å². The molecule has 0 spiro atoms. The molecule has 1 atom stereocenters. The van der Waals surface area contributed by atoms with Gasteiger partial charge < -0.3 is 10.6 Å². The van der Waals surface area contributed by atoms with Gasteiger partial charge in [0.25, 0.3) is 0 Å². The van der Waals surface area contributed by atoms with Gasteiger partial charge in [-0.25, -0.2) is 0 Å². The van der Waals surface area contributed by atoms with E-state index in [4.69, 9.17) is 0 Å². The number of carbonyl (C=O) groups excluding carboxylic acids is 1. The zero-order valence-electron chi connectivity index (χ0n) is 11.3. The zero-order chi connectivity index (χ0) is 13.7. The first-order valence-corrected chi connectivity index (χ1v) is 7.73. The van der Waals surface area contributed by atoms with E-state index in [0.29, 0.717) is 12.6 Å². The summed E-state index contributed by atoms with van der Waals surface area (Å²) >= 11 is 3.37. The molecule has 0 unspecified atom stereocenters. The second-order valence-corrected chi connectivity index (χ2v) is 6.18. The largest absolute Gasteiger partial charge is 0.325 e. The molecule has 0 aromatic heterocycles. The predicted octanol–water partition coefficient (Wildman–Crippen LogP) is 3.56. The van der Waals surface area contributed by atoms with Gasteiger partial charge in [-0.05, 0) is 49.9 Å². The fourth-order valence-corrected chi connectivity index (χ4v) is 2.88. The van der Waals surface area contributed by atoms with Crippen molar-refractivity contribution in [3.8, 4) is 0 Å². The smallest absolute Gasteiger partial charge is 0.238 e. The summed E-state index contributed by atoms with van der Waals surface area (Å²) in [4.78, 5) is 11.8. The Morgan fingerprint density at radius 2 is 1.95 bits per heavy atom. The van der Waals surface area contributed by atoms with Crippen LogP contribution in [0.15, 0.2) is 28.7 Å². The van der Waals surface area contributed by atoms with Crippen LogP contribution in [-0.4, -0.2) is 18.5 Å². The normalized spacial score (nSPS) is 17.4. The van der Waals surface area contributed by atoms with Crippen molar-refractivity contribution in [1.82, 2.24) is 5.32 Å². The van der Waals surface area contributed by atoms with Crippen LogP contribution in [-0.2, 0) is 4.79 Å². The highest BCUT2D eigenvalue weighted by Crippen LogP contribution is 2.27. The van der Waals surface area contributed by atoms with Crippen molar-refractivity contribution >= 4 is 27.5 Å². The lowest BCUT2D eigenvalue weighted by atomic mass is 10.00. The number of carbonyl (C=O) groups is 1. The molecular weight excluding hydrogens is 304 g/mol. The Morgan fingerprint density at radius 3 is 2.58 bits per heavy atom. The summed E-state index contributed by atoms with van der Waals surface area (Å²) in [6.45, 7) is 2.57. The molecule has 1 aliphatic rings. The number of hydrogen-bond acceptors (Lipinski definition) is 2. The quantitative estimate of drug-likeness (QED) is 0.869. The van der Waals surface area contributed by atoms with Crippen LogP contribution >= 0.6 is 15.9 Å². The van der Waals surface area contributed by atoms with E-state index in [1.54, 1.807) is 0 Å². The molecule has 2 N–H and O–H groups in total. The lowest BCUT2D eigenvalue weighted by Gasteiger charge is -2.20. The fourth-order valence-electron chi connectivity index (χ4n) is 2.62. The number of anilines is 1. The Kier molecular flexibility index (Phi) is 5.40. The first-order chi connectivity index (χ1) is 9.15. The Bertz CT molecular complexity index is 413. The highest BCUT2D eigenvalue weighted by molar-refractivity contribution is 9.10. The average Bonchev–Trinajstić information content (AvgIpc) is 2.93. The lowest BCUT2D eigenvalue weighted by molar-refractivity contribution is -0.115. The van der Waals surface area contributed by atoms with Crippen LogP contribution in [0.4, 0.5) is 5.69 Å². The average molecular weight is 325 g/mol. The standard InChI is InChI=1S/C15H21BrN2O/c1-11(12-4-2-3-5-12)17-10-15(19)18-14-8-6-13(16)7-9-14/h6-9,11-12,17H,2-5,10H2,1H3,(H,18,19)/t11-/m0/s1. The maximum Gasteiger partial charge on any atom is 0.238 e. The zero-order valence-corrected chi connectivity index (χ0v) is 12.9. The van der Waals surface area contributed by atoms with Gasteiger partial charge in [0, 0.05) is 16.2 Å². The molecule has 3 nitrogen and oxygen atoms in total. The highest BCUT2D eigenvalue weighted by Gasteiger charge is 2.21. The summed E-state index contributed by atoms with van der Waals surface area (Å²) in [7, 11) is 0. The van der Waals surface area contributed by atoms with Crippen LogP contribution < -0.4 is 10.6 Å². The van der Waals surface area contributed by atoms with Crippen LogP contribution in [0.1, 0.15) is 32.6 Å². The molecule has 0 radical (unpaired) electrons. The Labute approximate surface area is 123 Å². The molecule has 1 fully saturated rings. The van der Waals surface area contributed by atoms with Crippen molar-refractivity contribution in [3.05, 3.63) is 28.7 Å². The molecule has 1 aromatic rings. The van der Waals surface area contributed by atoms with Crippen molar-refractivity contribution in [2.24, 2.45) is 5.92 Å². The van der Waals surface area contributed by atoms with Crippen LogP contribution in [0, 0.1) is 5.92 Å². The summed E-state index contributed by atoms with van der Waals surface area (Å²) in [5, 5.41) is 6.23. The fraction of sp³-hybridized carbons (Fsp3) is 0.533. The molecule has 1 aliphatic carbocycles. The number of amides is 1. The second-order valence-electron chi connectivity index (χ2n) is 5.27. The van der Waals surface area contributed by atoms with Gasteiger partial charge in [0.05, 0.1) is 6.54 Å². The third kappa shape index (κ3) is 4.62. The van der Waals surface area contributed by atoms with Crippen LogP contribution in [0.5, 0.6) is 0 Å². The van der Waals surface area contributed by atoms with Crippen molar-refractivity contribution < 1.29 is 4.79 Å². The summed E-state index contributed by atoms with van der Waals surface area (Å²) in [5.41, 5.74) is 0.837. The molecule has 1 saturated carbocycles. The number of rotatable bonds is 5. The van der Waals surface area contributed by atoms with Crippen molar-refractivity contribution in [2.75, 3.05) is 11.9 Å². The van der Waals surface area contributed by atoms with Gasteiger partial charge in [0.1, 0.15) is 0 Å². The second kappa shape index (κ2) is 7.06. The molecule has 1 amide bonds. The Morgan fingerprint density at radius 1 is 1.32 bits per heavy atom. The van der Waals surface area contributed by atoms with E-state index in [0.717, 1.165) is 16.1 Å². The highest BCUT2D eigenvalue weighted by atomic mass is 79.9. The molecule has 104 valence electrons. The van der Waals surface area contributed by atoms with Gasteiger partial charge in [-0.15, -0.1) is 0 Å². The third-order valence-electron chi connectivity index (χ3n) is 3.82. The Hall–Kier alpha value is -0.870. The van der Waals surface area contributed by atoms with E-state index >= 15 is 0 Å². The van der Waals surface area contributed by atoms with Crippen molar-refractivity contribution in [3.63, 3.8) is 0 Å². The molecule has 2 rings (SSSR count). The Balaban J connectivity index is 1.73. The van der Waals surface area contributed by atoms with Gasteiger partial charge >= 0.3 is 0 Å². The minimum atomic E-state index is 0.0205. The number of hydrogen-bond donors (Lipinski definition) is 2. The van der Waals surface area contributed by atoms with Crippen molar-refractivity contribution in [2.45, 2.75) is 38.6 Å². The molecule has 19 heavy (non-hydrogen) atoms. The van der Waals surface area contributed by atoms with Gasteiger partial charge in [-0.1, -0.05) is 28.8 Å². The maximum absolute atomic E-state index is 11.8. The predicted molar refractivity (Wildman–Crippen MR) is 82.2 cm³/mol. The molecular formula is C15H21BrN2O. The molecule has 0 saturated heterocycles. The minimum Gasteiger partial charge on any atom is -0.325 e. The van der Waals surface area contributed by atoms with Gasteiger partial charge in [0.2, 0.25) is 5.91 Å². The molecule has 1 aromatic carbocycles. The molecule has 0 heterocycles. The summed E-state index contributed by atoms with van der Waals surface area (Å²) < 4.78 is 1.01. The SMILES string of the molecule is C[C@H](NCC(=O)Nc1ccc(Br)cc1)C1CCCC1. The summed E-state index contributed by atoms with van der Waals surface area (Å²) in [6, 6.07) is 8.05. The third-order valence-corrected chi connectivity index (χ3v) is 4.35. The van der Waals surface area contributed by atoms with E-state index < -0.39 is 0 Å². The summed E-state index contributed by atoms with van der Waals surface area (Å²) in [6.07, 6.45) is 5.26. The van der Waals surface area contributed by atoms with Crippen LogP contribution in [0.3, 0.4) is 0 Å². The first-order valence-electron chi connectivity index (χ1n) is 6.94. The van der Waals surface area contributed by atoms with E-state index in [1.807, 2.05) is 24.3 Å². The first kappa shape index (κ1) is 14.5. The monoisotopic (exact) mass is 324 g/mol. The lowest BCUT2D eigenvalue weighted by Crippen LogP contribution is -2.38. The van der Waals surface area contributed by atoms with Gasteiger partial charge in [0.15, 0.2) is 0 Å². The van der Waals surface area contributed by atoms with Crippen LogP contribution in [0.25, 0.3) is 0 Å². The number of halogens is 1. The van der Waals surface area contributed by atoms with Crippen LogP contribution in [0.2, 0.25) is 0 Å².